The first-order valence-corrected chi connectivity index (χ1v) is 7.29. The third-order valence-corrected chi connectivity index (χ3v) is 4.56. The van der Waals surface area contributed by atoms with Gasteiger partial charge in [-0.2, -0.15) is 0 Å². The topological polar surface area (TPSA) is 24.5 Å². The Balaban J connectivity index is 1.96. The van der Waals surface area contributed by atoms with Crippen molar-refractivity contribution in [3.05, 3.63) is 0 Å². The van der Waals surface area contributed by atoms with Crippen LogP contribution in [0, 0.1) is 0 Å². The molecule has 1 saturated heterocycles. The summed E-state index contributed by atoms with van der Waals surface area (Å²) in [7, 11) is 3.98. The van der Waals surface area contributed by atoms with Crippen molar-refractivity contribution in [2.24, 2.45) is 0 Å². The number of hydrogen-bond acceptors (Lipinski definition) is 3. The minimum atomic E-state index is 0.463. The zero-order chi connectivity index (χ0) is 12.1. The van der Waals surface area contributed by atoms with Crippen molar-refractivity contribution in [2.45, 2.75) is 63.1 Å². The van der Waals surface area contributed by atoms with Crippen molar-refractivity contribution in [3.63, 3.8) is 0 Å². The van der Waals surface area contributed by atoms with E-state index >= 15 is 0 Å². The molecule has 0 spiro atoms. The molecule has 2 rings (SSSR count). The Morgan fingerprint density at radius 2 is 1.88 bits per heavy atom. The van der Waals surface area contributed by atoms with Gasteiger partial charge >= 0.3 is 0 Å². The Hall–Kier alpha value is -0.120. The predicted octanol–water partition coefficient (Wildman–Crippen LogP) is 2.02. The van der Waals surface area contributed by atoms with Gasteiger partial charge in [0, 0.05) is 25.7 Å². The molecule has 1 saturated carbocycles. The van der Waals surface area contributed by atoms with Crippen LogP contribution in [0.4, 0.5) is 0 Å². The van der Waals surface area contributed by atoms with Gasteiger partial charge in [0.25, 0.3) is 0 Å². The molecule has 3 nitrogen and oxygen atoms in total. The maximum absolute atomic E-state index is 5.55. The van der Waals surface area contributed by atoms with E-state index in [0.29, 0.717) is 12.1 Å². The van der Waals surface area contributed by atoms with Gasteiger partial charge in [-0.25, -0.2) is 0 Å². The Kier molecular flexibility index (Phi) is 5.26. The zero-order valence-electron chi connectivity index (χ0n) is 11.5. The number of ether oxygens (including phenoxy) is 1. The third kappa shape index (κ3) is 3.43. The van der Waals surface area contributed by atoms with Gasteiger partial charge in [0.1, 0.15) is 0 Å². The van der Waals surface area contributed by atoms with E-state index in [4.69, 9.17) is 4.74 Å². The SMILES string of the molecule is CNC1CCCCCC1N1CCCC(OC)C1. The van der Waals surface area contributed by atoms with Crippen molar-refractivity contribution in [1.29, 1.82) is 0 Å². The fourth-order valence-corrected chi connectivity index (χ4v) is 3.52. The summed E-state index contributed by atoms with van der Waals surface area (Å²) >= 11 is 0. The highest BCUT2D eigenvalue weighted by Crippen LogP contribution is 2.25. The molecule has 3 heteroatoms. The van der Waals surface area contributed by atoms with Gasteiger partial charge in [-0.1, -0.05) is 19.3 Å². The second kappa shape index (κ2) is 6.72. The Morgan fingerprint density at radius 1 is 1.06 bits per heavy atom. The number of hydrogen-bond donors (Lipinski definition) is 1. The van der Waals surface area contributed by atoms with Gasteiger partial charge in [-0.15, -0.1) is 0 Å². The molecule has 0 bridgehead atoms. The van der Waals surface area contributed by atoms with Gasteiger partial charge in [0.05, 0.1) is 6.10 Å². The molecule has 0 aromatic heterocycles. The lowest BCUT2D eigenvalue weighted by Gasteiger charge is -2.40. The summed E-state index contributed by atoms with van der Waals surface area (Å²) in [6, 6.07) is 1.42. The van der Waals surface area contributed by atoms with E-state index in [-0.39, 0.29) is 0 Å². The predicted molar refractivity (Wildman–Crippen MR) is 71.3 cm³/mol. The molecule has 100 valence electrons. The largest absolute Gasteiger partial charge is 0.380 e. The normalized spacial score (nSPS) is 36.7. The van der Waals surface area contributed by atoms with Gasteiger partial charge in [0.15, 0.2) is 0 Å². The highest BCUT2D eigenvalue weighted by molar-refractivity contribution is 4.89. The third-order valence-electron chi connectivity index (χ3n) is 4.56. The lowest BCUT2D eigenvalue weighted by atomic mass is 9.97. The minimum absolute atomic E-state index is 0.463. The van der Waals surface area contributed by atoms with E-state index in [2.05, 4.69) is 17.3 Å². The molecule has 2 aliphatic rings. The first kappa shape index (κ1) is 13.3. The Morgan fingerprint density at radius 3 is 2.65 bits per heavy atom. The smallest absolute Gasteiger partial charge is 0.0698 e. The number of likely N-dealkylation sites (N-methyl/N-ethyl adjacent to an activating group) is 1. The summed E-state index contributed by atoms with van der Waals surface area (Å²) < 4.78 is 5.55. The number of piperidine rings is 1. The molecular formula is C14H28N2O. The number of rotatable bonds is 3. The van der Waals surface area contributed by atoms with E-state index in [1.54, 1.807) is 0 Å². The summed E-state index contributed by atoms with van der Waals surface area (Å²) in [5, 5.41) is 3.54. The van der Waals surface area contributed by atoms with Crippen LogP contribution in [0.15, 0.2) is 0 Å². The van der Waals surface area contributed by atoms with Crippen LogP contribution in [0.2, 0.25) is 0 Å². The molecule has 3 unspecified atom stereocenters. The summed E-state index contributed by atoms with van der Waals surface area (Å²) in [6.07, 6.45) is 9.91. The highest BCUT2D eigenvalue weighted by Gasteiger charge is 2.31. The molecule has 1 N–H and O–H groups in total. The quantitative estimate of drug-likeness (QED) is 0.764. The van der Waals surface area contributed by atoms with Gasteiger partial charge < -0.3 is 10.1 Å². The van der Waals surface area contributed by atoms with Crippen LogP contribution in [0.5, 0.6) is 0 Å². The van der Waals surface area contributed by atoms with Gasteiger partial charge in [0.2, 0.25) is 0 Å². The van der Waals surface area contributed by atoms with E-state index in [1.165, 1.54) is 51.5 Å². The first-order chi connectivity index (χ1) is 8.35. The monoisotopic (exact) mass is 240 g/mol. The van der Waals surface area contributed by atoms with Crippen LogP contribution in [-0.4, -0.2) is 50.3 Å². The van der Waals surface area contributed by atoms with Crippen LogP contribution >= 0.6 is 0 Å². The van der Waals surface area contributed by atoms with Gasteiger partial charge in [-0.05, 0) is 39.3 Å². The molecule has 0 aromatic carbocycles. The standard InChI is InChI=1S/C14H28N2O/c1-15-13-8-4-3-5-9-14(13)16-10-6-7-12(11-16)17-2/h12-15H,3-11H2,1-2H3. The van der Waals surface area contributed by atoms with Crippen molar-refractivity contribution in [3.8, 4) is 0 Å². The molecule has 1 aliphatic heterocycles. The summed E-state index contributed by atoms with van der Waals surface area (Å²) in [5.74, 6) is 0. The molecular weight excluding hydrogens is 212 g/mol. The maximum atomic E-state index is 5.55. The maximum Gasteiger partial charge on any atom is 0.0698 e. The molecule has 0 amide bonds. The van der Waals surface area contributed by atoms with E-state index in [9.17, 15) is 0 Å². The van der Waals surface area contributed by atoms with Crippen LogP contribution in [0.25, 0.3) is 0 Å². The Labute approximate surface area is 106 Å². The molecule has 17 heavy (non-hydrogen) atoms. The summed E-state index contributed by atoms with van der Waals surface area (Å²) in [5.41, 5.74) is 0. The number of methoxy groups -OCH3 is 1. The number of nitrogens with one attached hydrogen (secondary N) is 1. The molecule has 3 atom stereocenters. The average Bonchev–Trinajstić information content (AvgIpc) is 2.63. The van der Waals surface area contributed by atoms with Crippen LogP contribution in [0.1, 0.15) is 44.9 Å². The van der Waals surface area contributed by atoms with Crippen LogP contribution < -0.4 is 5.32 Å². The van der Waals surface area contributed by atoms with Gasteiger partial charge in [-0.3, -0.25) is 4.90 Å². The lowest BCUT2D eigenvalue weighted by Crippen LogP contribution is -2.53. The number of nitrogens with zero attached hydrogens (tertiary/aromatic N) is 1. The first-order valence-electron chi connectivity index (χ1n) is 7.29. The summed E-state index contributed by atoms with van der Waals surface area (Å²) in [6.45, 7) is 2.40. The van der Waals surface area contributed by atoms with Crippen LogP contribution in [-0.2, 0) is 4.74 Å². The van der Waals surface area contributed by atoms with E-state index < -0.39 is 0 Å². The van der Waals surface area contributed by atoms with E-state index in [0.717, 1.165) is 12.6 Å². The molecule has 1 heterocycles. The molecule has 0 radical (unpaired) electrons. The lowest BCUT2D eigenvalue weighted by molar-refractivity contribution is 0.00634. The molecule has 1 aliphatic carbocycles. The van der Waals surface area contributed by atoms with Crippen molar-refractivity contribution in [2.75, 3.05) is 27.2 Å². The highest BCUT2D eigenvalue weighted by atomic mass is 16.5. The second-order valence-corrected chi connectivity index (χ2v) is 5.60. The second-order valence-electron chi connectivity index (χ2n) is 5.60. The fraction of sp³-hybridized carbons (Fsp3) is 1.00. The Bertz CT molecular complexity index is 222. The molecule has 2 fully saturated rings. The minimum Gasteiger partial charge on any atom is -0.380 e. The van der Waals surface area contributed by atoms with E-state index in [1.807, 2.05) is 7.11 Å². The van der Waals surface area contributed by atoms with Crippen LogP contribution in [0.3, 0.4) is 0 Å². The van der Waals surface area contributed by atoms with Crippen molar-refractivity contribution < 1.29 is 4.74 Å². The molecule has 0 aromatic rings. The number of likely N-dealkylation sites (tertiary alicyclic amines) is 1. The average molecular weight is 240 g/mol. The van der Waals surface area contributed by atoms with Crippen molar-refractivity contribution in [1.82, 2.24) is 10.2 Å². The summed E-state index contributed by atoms with van der Waals surface area (Å²) in [4.78, 5) is 2.68. The fourth-order valence-electron chi connectivity index (χ4n) is 3.52. The zero-order valence-corrected chi connectivity index (χ0v) is 11.5. The van der Waals surface area contributed by atoms with Crippen molar-refractivity contribution >= 4 is 0 Å².